The predicted molar refractivity (Wildman–Crippen MR) is 59.0 cm³/mol. The molecule has 0 aliphatic heterocycles. The Hall–Kier alpha value is -1.07. The third kappa shape index (κ3) is 2.61. The Kier molecular flexibility index (Phi) is 4.16. The topological polar surface area (TPSA) is 46.2 Å². The number of benzene rings is 1. The Morgan fingerprint density at radius 3 is 2.41 bits per heavy atom. The Morgan fingerprint density at radius 2 is 1.94 bits per heavy atom. The number of hydrogen-bond donors (Lipinski definition) is 2. The summed E-state index contributed by atoms with van der Waals surface area (Å²) in [7, 11) is 0. The van der Waals surface area contributed by atoms with E-state index in [0.29, 0.717) is 0 Å². The molecule has 1 aromatic rings. The SMILES string of the molecule is CC(C)C(O)C(F)(F)c1cccc(CN)c1F. The lowest BCUT2D eigenvalue weighted by Crippen LogP contribution is -2.36. The molecule has 0 saturated carbocycles. The third-order valence-corrected chi connectivity index (χ3v) is 2.66. The largest absolute Gasteiger partial charge is 0.386 e. The summed E-state index contributed by atoms with van der Waals surface area (Å²) in [5.74, 6) is -5.34. The molecule has 0 amide bonds. The number of alkyl halides is 2. The summed E-state index contributed by atoms with van der Waals surface area (Å²) < 4.78 is 41.4. The first-order valence-electron chi connectivity index (χ1n) is 5.36. The van der Waals surface area contributed by atoms with Crippen molar-refractivity contribution >= 4 is 0 Å². The van der Waals surface area contributed by atoms with E-state index in [1.54, 1.807) is 0 Å². The minimum absolute atomic E-state index is 0.0122. The molecule has 3 N–H and O–H groups in total. The van der Waals surface area contributed by atoms with Crippen LogP contribution in [-0.2, 0) is 12.5 Å². The van der Waals surface area contributed by atoms with Crippen molar-refractivity contribution in [3.05, 3.63) is 35.1 Å². The minimum Gasteiger partial charge on any atom is -0.386 e. The minimum atomic E-state index is -3.62. The van der Waals surface area contributed by atoms with Crippen molar-refractivity contribution in [2.75, 3.05) is 0 Å². The second-order valence-corrected chi connectivity index (χ2v) is 4.29. The van der Waals surface area contributed by atoms with Crippen LogP contribution >= 0.6 is 0 Å². The smallest absolute Gasteiger partial charge is 0.301 e. The van der Waals surface area contributed by atoms with Gasteiger partial charge < -0.3 is 10.8 Å². The van der Waals surface area contributed by atoms with Crippen LogP contribution in [0.4, 0.5) is 13.2 Å². The molecule has 2 nitrogen and oxygen atoms in total. The van der Waals surface area contributed by atoms with Gasteiger partial charge in [-0.1, -0.05) is 26.0 Å². The monoisotopic (exact) mass is 247 g/mol. The standard InChI is InChI=1S/C12H16F3NO/c1-7(2)11(17)12(14,15)9-5-3-4-8(6-16)10(9)13/h3-5,7,11,17H,6,16H2,1-2H3. The molecule has 0 aromatic heterocycles. The van der Waals surface area contributed by atoms with Crippen molar-refractivity contribution in [3.8, 4) is 0 Å². The van der Waals surface area contributed by atoms with Crippen LogP contribution in [0.25, 0.3) is 0 Å². The zero-order valence-electron chi connectivity index (χ0n) is 9.75. The fraction of sp³-hybridized carbons (Fsp3) is 0.500. The van der Waals surface area contributed by atoms with Gasteiger partial charge in [0.1, 0.15) is 11.9 Å². The second-order valence-electron chi connectivity index (χ2n) is 4.29. The van der Waals surface area contributed by atoms with Gasteiger partial charge in [-0.3, -0.25) is 0 Å². The quantitative estimate of drug-likeness (QED) is 0.858. The summed E-state index contributed by atoms with van der Waals surface area (Å²) in [5, 5.41) is 9.45. The highest BCUT2D eigenvalue weighted by Crippen LogP contribution is 2.37. The summed E-state index contributed by atoms with van der Waals surface area (Å²) in [5.41, 5.74) is 4.46. The number of halogens is 3. The molecular weight excluding hydrogens is 231 g/mol. The van der Waals surface area contributed by atoms with Crippen molar-refractivity contribution in [2.45, 2.75) is 32.4 Å². The van der Waals surface area contributed by atoms with Crippen LogP contribution in [0.1, 0.15) is 25.0 Å². The lowest BCUT2D eigenvalue weighted by molar-refractivity contribution is -0.134. The van der Waals surface area contributed by atoms with Gasteiger partial charge in [-0.15, -0.1) is 0 Å². The molecule has 0 spiro atoms. The van der Waals surface area contributed by atoms with Gasteiger partial charge in [-0.25, -0.2) is 4.39 Å². The van der Waals surface area contributed by atoms with Gasteiger partial charge in [0, 0.05) is 12.1 Å². The van der Waals surface area contributed by atoms with Gasteiger partial charge in [0.05, 0.1) is 5.56 Å². The van der Waals surface area contributed by atoms with E-state index in [0.717, 1.165) is 6.07 Å². The highest BCUT2D eigenvalue weighted by molar-refractivity contribution is 5.30. The molecule has 0 bridgehead atoms. The number of aliphatic hydroxyl groups is 1. The highest BCUT2D eigenvalue weighted by Gasteiger charge is 2.44. The highest BCUT2D eigenvalue weighted by atomic mass is 19.3. The van der Waals surface area contributed by atoms with Gasteiger partial charge in [0.25, 0.3) is 0 Å². The molecule has 0 fully saturated rings. The molecule has 0 aliphatic rings. The van der Waals surface area contributed by atoms with Gasteiger partial charge in [0.2, 0.25) is 0 Å². The van der Waals surface area contributed by atoms with E-state index < -0.39 is 29.3 Å². The molecule has 1 aromatic carbocycles. The second kappa shape index (κ2) is 5.06. The summed E-state index contributed by atoms with van der Waals surface area (Å²) in [6, 6.07) is 3.62. The van der Waals surface area contributed by atoms with E-state index in [9.17, 15) is 18.3 Å². The van der Waals surface area contributed by atoms with Gasteiger partial charge in [-0.05, 0) is 12.0 Å². The number of rotatable bonds is 4. The zero-order valence-corrected chi connectivity index (χ0v) is 9.75. The first-order chi connectivity index (χ1) is 7.82. The normalized spacial score (nSPS) is 14.1. The Balaban J connectivity index is 3.23. The molecule has 1 unspecified atom stereocenters. The maximum absolute atomic E-state index is 13.8. The van der Waals surface area contributed by atoms with E-state index in [1.807, 2.05) is 0 Å². The van der Waals surface area contributed by atoms with Crippen LogP contribution in [0.2, 0.25) is 0 Å². The van der Waals surface area contributed by atoms with E-state index >= 15 is 0 Å². The molecule has 0 aliphatic carbocycles. The first kappa shape index (κ1) is 14.0. The average Bonchev–Trinajstić information content (AvgIpc) is 2.27. The van der Waals surface area contributed by atoms with Crippen molar-refractivity contribution in [1.82, 2.24) is 0 Å². The molecule has 96 valence electrons. The van der Waals surface area contributed by atoms with Crippen LogP contribution in [-0.4, -0.2) is 11.2 Å². The lowest BCUT2D eigenvalue weighted by Gasteiger charge is -2.26. The summed E-state index contributed by atoms with van der Waals surface area (Å²) in [6.07, 6.45) is -1.93. The maximum Gasteiger partial charge on any atom is 0.301 e. The van der Waals surface area contributed by atoms with Gasteiger partial charge in [-0.2, -0.15) is 8.78 Å². The Labute approximate surface area is 98.3 Å². The lowest BCUT2D eigenvalue weighted by atomic mass is 9.93. The fourth-order valence-corrected chi connectivity index (χ4v) is 1.57. The predicted octanol–water partition coefficient (Wildman–Crippen LogP) is 2.39. The zero-order chi connectivity index (χ0) is 13.2. The van der Waals surface area contributed by atoms with E-state index in [-0.39, 0.29) is 12.1 Å². The van der Waals surface area contributed by atoms with Crippen LogP contribution in [0, 0.1) is 11.7 Å². The van der Waals surface area contributed by atoms with Crippen molar-refractivity contribution in [3.63, 3.8) is 0 Å². The van der Waals surface area contributed by atoms with E-state index in [1.165, 1.54) is 26.0 Å². The molecule has 5 heteroatoms. The summed E-state index contributed by atoms with van der Waals surface area (Å²) in [4.78, 5) is 0. The van der Waals surface area contributed by atoms with Crippen LogP contribution in [0.3, 0.4) is 0 Å². The van der Waals surface area contributed by atoms with Crippen molar-refractivity contribution in [2.24, 2.45) is 11.7 Å². The Morgan fingerprint density at radius 1 is 1.35 bits per heavy atom. The molecule has 0 radical (unpaired) electrons. The Bertz CT molecular complexity index is 393. The fourth-order valence-electron chi connectivity index (χ4n) is 1.57. The molecule has 1 atom stereocenters. The van der Waals surface area contributed by atoms with E-state index in [2.05, 4.69) is 0 Å². The third-order valence-electron chi connectivity index (χ3n) is 2.66. The number of aliphatic hydroxyl groups excluding tert-OH is 1. The summed E-state index contributed by atoms with van der Waals surface area (Å²) in [6.45, 7) is 2.74. The molecule has 0 heterocycles. The van der Waals surface area contributed by atoms with Gasteiger partial charge >= 0.3 is 5.92 Å². The van der Waals surface area contributed by atoms with Crippen LogP contribution in [0.15, 0.2) is 18.2 Å². The molecular formula is C12H16F3NO. The number of hydrogen-bond acceptors (Lipinski definition) is 2. The molecule has 0 saturated heterocycles. The molecule has 17 heavy (non-hydrogen) atoms. The van der Waals surface area contributed by atoms with Crippen molar-refractivity contribution in [1.29, 1.82) is 0 Å². The average molecular weight is 247 g/mol. The first-order valence-corrected chi connectivity index (χ1v) is 5.36. The van der Waals surface area contributed by atoms with Crippen molar-refractivity contribution < 1.29 is 18.3 Å². The molecule has 1 rings (SSSR count). The maximum atomic E-state index is 13.8. The number of nitrogens with two attached hydrogens (primary N) is 1. The summed E-state index contributed by atoms with van der Waals surface area (Å²) >= 11 is 0. The van der Waals surface area contributed by atoms with Crippen LogP contribution < -0.4 is 5.73 Å². The van der Waals surface area contributed by atoms with E-state index in [4.69, 9.17) is 5.73 Å². The van der Waals surface area contributed by atoms with Crippen LogP contribution in [0.5, 0.6) is 0 Å². The van der Waals surface area contributed by atoms with Gasteiger partial charge in [0.15, 0.2) is 0 Å².